The standard InChI is InChI=1S/C13H16N2/c1-2-9-4-5-15-8-10-6-14-7-12(10)11(3-1)13(9)15/h1-3,10,12,14H,4-8H2/t10-,12-/m1/s1. The van der Waals surface area contributed by atoms with Gasteiger partial charge in [0, 0.05) is 37.8 Å². The monoisotopic (exact) mass is 200 g/mol. The minimum absolute atomic E-state index is 0.786. The maximum atomic E-state index is 3.54. The summed E-state index contributed by atoms with van der Waals surface area (Å²) in [5.41, 5.74) is 4.78. The normalized spacial score (nSPS) is 31.6. The summed E-state index contributed by atoms with van der Waals surface area (Å²) in [5.74, 6) is 1.64. The molecule has 0 amide bonds. The van der Waals surface area contributed by atoms with Crippen molar-refractivity contribution >= 4 is 5.69 Å². The van der Waals surface area contributed by atoms with Gasteiger partial charge in [0.2, 0.25) is 0 Å². The molecular weight excluding hydrogens is 184 g/mol. The lowest BCUT2D eigenvalue weighted by atomic mass is 9.83. The van der Waals surface area contributed by atoms with Crippen LogP contribution in [0.1, 0.15) is 17.0 Å². The number of hydrogen-bond acceptors (Lipinski definition) is 2. The Morgan fingerprint density at radius 3 is 3.27 bits per heavy atom. The Bertz CT molecular complexity index is 413. The molecule has 15 heavy (non-hydrogen) atoms. The van der Waals surface area contributed by atoms with Crippen LogP contribution < -0.4 is 10.2 Å². The smallest absolute Gasteiger partial charge is 0.0435 e. The van der Waals surface area contributed by atoms with E-state index >= 15 is 0 Å². The molecule has 4 rings (SSSR count). The average Bonchev–Trinajstić information content (AvgIpc) is 2.87. The van der Waals surface area contributed by atoms with Crippen LogP contribution in [0.25, 0.3) is 0 Å². The summed E-state index contributed by atoms with van der Waals surface area (Å²) >= 11 is 0. The first-order chi connectivity index (χ1) is 7.43. The number of benzene rings is 1. The van der Waals surface area contributed by atoms with Crippen molar-refractivity contribution in [3.63, 3.8) is 0 Å². The van der Waals surface area contributed by atoms with Crippen molar-refractivity contribution in [2.75, 3.05) is 31.1 Å². The molecule has 2 heteroatoms. The second kappa shape index (κ2) is 2.76. The lowest BCUT2D eigenvalue weighted by Gasteiger charge is -2.35. The maximum absolute atomic E-state index is 3.54. The second-order valence-corrected chi connectivity index (χ2v) is 5.08. The fraction of sp³-hybridized carbons (Fsp3) is 0.538. The van der Waals surface area contributed by atoms with E-state index in [9.17, 15) is 0 Å². The molecule has 0 aliphatic carbocycles. The molecule has 0 unspecified atom stereocenters. The fourth-order valence-corrected chi connectivity index (χ4v) is 3.62. The van der Waals surface area contributed by atoms with E-state index in [2.05, 4.69) is 28.4 Å². The van der Waals surface area contributed by atoms with E-state index in [1.807, 2.05) is 0 Å². The van der Waals surface area contributed by atoms with Gasteiger partial charge in [0.15, 0.2) is 0 Å². The van der Waals surface area contributed by atoms with Crippen LogP contribution >= 0.6 is 0 Å². The maximum Gasteiger partial charge on any atom is 0.0435 e. The Hall–Kier alpha value is -1.02. The van der Waals surface area contributed by atoms with Crippen molar-refractivity contribution in [2.45, 2.75) is 12.3 Å². The minimum Gasteiger partial charge on any atom is -0.370 e. The van der Waals surface area contributed by atoms with Gasteiger partial charge in [-0.15, -0.1) is 0 Å². The van der Waals surface area contributed by atoms with E-state index < -0.39 is 0 Å². The quantitative estimate of drug-likeness (QED) is 0.680. The molecule has 0 aromatic heterocycles. The first kappa shape index (κ1) is 8.17. The van der Waals surface area contributed by atoms with Gasteiger partial charge in [0.1, 0.15) is 0 Å². The van der Waals surface area contributed by atoms with Crippen LogP contribution in [-0.4, -0.2) is 26.2 Å². The minimum atomic E-state index is 0.786. The second-order valence-electron chi connectivity index (χ2n) is 5.08. The molecule has 0 saturated carbocycles. The molecule has 0 radical (unpaired) electrons. The summed E-state index contributed by atoms with van der Waals surface area (Å²) in [7, 11) is 0. The molecule has 1 N–H and O–H groups in total. The van der Waals surface area contributed by atoms with Crippen LogP contribution in [0.15, 0.2) is 18.2 Å². The van der Waals surface area contributed by atoms with E-state index in [0.29, 0.717) is 0 Å². The molecule has 1 aromatic rings. The Labute approximate surface area is 90.3 Å². The van der Waals surface area contributed by atoms with Gasteiger partial charge in [0.25, 0.3) is 0 Å². The number of hydrogen-bond donors (Lipinski definition) is 1. The third-order valence-electron chi connectivity index (χ3n) is 4.31. The summed E-state index contributed by atoms with van der Waals surface area (Å²) in [6.07, 6.45) is 1.26. The molecule has 1 fully saturated rings. The van der Waals surface area contributed by atoms with Crippen molar-refractivity contribution in [3.8, 4) is 0 Å². The number of fused-ring (bicyclic) bond motifs is 2. The van der Waals surface area contributed by atoms with E-state index in [1.165, 1.54) is 32.6 Å². The molecule has 1 aromatic carbocycles. The zero-order valence-electron chi connectivity index (χ0n) is 8.87. The van der Waals surface area contributed by atoms with E-state index in [1.54, 1.807) is 16.8 Å². The van der Waals surface area contributed by atoms with E-state index in [4.69, 9.17) is 0 Å². The summed E-state index contributed by atoms with van der Waals surface area (Å²) in [5, 5.41) is 3.54. The Morgan fingerprint density at radius 2 is 2.27 bits per heavy atom. The predicted molar refractivity (Wildman–Crippen MR) is 61.5 cm³/mol. The lowest BCUT2D eigenvalue weighted by molar-refractivity contribution is 0.491. The van der Waals surface area contributed by atoms with Gasteiger partial charge in [-0.05, 0) is 23.5 Å². The van der Waals surface area contributed by atoms with Gasteiger partial charge < -0.3 is 10.2 Å². The Morgan fingerprint density at radius 1 is 1.27 bits per heavy atom. The number of nitrogens with zero attached hydrogens (tertiary/aromatic N) is 1. The Kier molecular flexibility index (Phi) is 1.50. The van der Waals surface area contributed by atoms with Gasteiger partial charge in [-0.1, -0.05) is 18.2 Å². The van der Waals surface area contributed by atoms with Gasteiger partial charge in [0.05, 0.1) is 0 Å². The zero-order valence-corrected chi connectivity index (χ0v) is 8.87. The zero-order chi connectivity index (χ0) is 9.83. The number of anilines is 1. The van der Waals surface area contributed by atoms with Crippen molar-refractivity contribution in [1.82, 2.24) is 5.32 Å². The van der Waals surface area contributed by atoms with E-state index in [0.717, 1.165) is 11.8 Å². The summed E-state index contributed by atoms with van der Waals surface area (Å²) < 4.78 is 0. The molecule has 1 saturated heterocycles. The summed E-state index contributed by atoms with van der Waals surface area (Å²) in [4.78, 5) is 2.61. The number of nitrogens with one attached hydrogen (secondary N) is 1. The molecule has 3 heterocycles. The fourth-order valence-electron chi connectivity index (χ4n) is 3.62. The summed E-state index contributed by atoms with van der Waals surface area (Å²) in [6, 6.07) is 6.90. The van der Waals surface area contributed by atoms with Crippen molar-refractivity contribution in [1.29, 1.82) is 0 Å². The van der Waals surface area contributed by atoms with Crippen LogP contribution in [0.2, 0.25) is 0 Å². The third-order valence-corrected chi connectivity index (χ3v) is 4.31. The van der Waals surface area contributed by atoms with E-state index in [-0.39, 0.29) is 0 Å². The molecule has 0 spiro atoms. The summed E-state index contributed by atoms with van der Waals surface area (Å²) in [6.45, 7) is 4.93. The SMILES string of the molecule is c1cc2c3c(c1)[C@@H]1CNC[C@@H]1CN3CC2. The van der Waals surface area contributed by atoms with Gasteiger partial charge in [-0.3, -0.25) is 0 Å². The van der Waals surface area contributed by atoms with Gasteiger partial charge in [-0.2, -0.15) is 0 Å². The first-order valence-corrected chi connectivity index (χ1v) is 6.01. The molecule has 78 valence electrons. The highest BCUT2D eigenvalue weighted by atomic mass is 15.2. The van der Waals surface area contributed by atoms with Crippen LogP contribution in [-0.2, 0) is 6.42 Å². The van der Waals surface area contributed by atoms with Gasteiger partial charge in [-0.25, -0.2) is 0 Å². The predicted octanol–water partition coefficient (Wildman–Crippen LogP) is 1.37. The third kappa shape index (κ3) is 0.979. The van der Waals surface area contributed by atoms with Crippen molar-refractivity contribution < 1.29 is 0 Å². The van der Waals surface area contributed by atoms with Crippen LogP contribution in [0.5, 0.6) is 0 Å². The van der Waals surface area contributed by atoms with Crippen LogP contribution in [0, 0.1) is 5.92 Å². The topological polar surface area (TPSA) is 15.3 Å². The largest absolute Gasteiger partial charge is 0.370 e. The first-order valence-electron chi connectivity index (χ1n) is 6.01. The molecular formula is C13H16N2. The average molecular weight is 200 g/mol. The molecule has 2 nitrogen and oxygen atoms in total. The molecule has 3 aliphatic heterocycles. The number of para-hydroxylation sites is 1. The van der Waals surface area contributed by atoms with Crippen LogP contribution in [0.3, 0.4) is 0 Å². The van der Waals surface area contributed by atoms with Gasteiger partial charge >= 0.3 is 0 Å². The molecule has 2 atom stereocenters. The number of rotatable bonds is 0. The molecule has 3 aliphatic rings. The highest BCUT2D eigenvalue weighted by Gasteiger charge is 2.39. The molecule has 0 bridgehead atoms. The highest BCUT2D eigenvalue weighted by molar-refractivity contribution is 5.66. The Balaban J connectivity index is 1.92. The lowest BCUT2D eigenvalue weighted by Crippen LogP contribution is -2.35. The van der Waals surface area contributed by atoms with Crippen LogP contribution in [0.4, 0.5) is 5.69 Å². The van der Waals surface area contributed by atoms with Crippen molar-refractivity contribution in [2.24, 2.45) is 5.92 Å². The van der Waals surface area contributed by atoms with Crippen molar-refractivity contribution in [3.05, 3.63) is 29.3 Å². The highest BCUT2D eigenvalue weighted by Crippen LogP contribution is 2.44.